The van der Waals surface area contributed by atoms with Crippen molar-refractivity contribution >= 4 is 20.9 Å². The minimum absolute atomic E-state index is 0.174. The summed E-state index contributed by atoms with van der Waals surface area (Å²) in [6.07, 6.45) is 1.42. The van der Waals surface area contributed by atoms with E-state index in [0.717, 1.165) is 0 Å². The summed E-state index contributed by atoms with van der Waals surface area (Å²) < 4.78 is 27.6. The lowest BCUT2D eigenvalue weighted by Crippen LogP contribution is -2.19. The largest absolute Gasteiger partial charge is 0.288 e. The van der Waals surface area contributed by atoms with E-state index >= 15 is 0 Å². The number of hydrogen-bond donors (Lipinski definition) is 0. The van der Waals surface area contributed by atoms with Crippen molar-refractivity contribution in [3.63, 3.8) is 0 Å². The van der Waals surface area contributed by atoms with Gasteiger partial charge in [0.2, 0.25) is 0 Å². The first kappa shape index (κ1) is 16.3. The number of aromatic nitrogens is 1. The lowest BCUT2D eigenvalue weighted by atomic mass is 10.1. The van der Waals surface area contributed by atoms with Crippen molar-refractivity contribution in [3.8, 4) is 11.1 Å². The number of rotatable bonds is 3. The van der Waals surface area contributed by atoms with Gasteiger partial charge in [0.25, 0.3) is 10.0 Å². The van der Waals surface area contributed by atoms with E-state index in [1.54, 1.807) is 66.7 Å². The van der Waals surface area contributed by atoms with Crippen LogP contribution in [0.4, 0.5) is 0 Å². The molecule has 0 saturated carbocycles. The van der Waals surface area contributed by atoms with Crippen molar-refractivity contribution in [2.75, 3.05) is 0 Å². The molecule has 5 heteroatoms. The van der Waals surface area contributed by atoms with E-state index in [1.807, 2.05) is 18.2 Å². The molecule has 4 nitrogen and oxygen atoms in total. The Hall–Kier alpha value is -3.18. The highest BCUT2D eigenvalue weighted by Gasteiger charge is 2.20. The van der Waals surface area contributed by atoms with Crippen LogP contribution in [0, 0.1) is 0 Å². The van der Waals surface area contributed by atoms with Crippen molar-refractivity contribution in [2.24, 2.45) is 0 Å². The molecular weight excluding hydrogens is 346 g/mol. The molecule has 0 aliphatic carbocycles. The van der Waals surface area contributed by atoms with E-state index in [2.05, 4.69) is 0 Å². The van der Waals surface area contributed by atoms with Gasteiger partial charge in [-0.2, -0.15) is 0 Å². The molecule has 0 atom stereocenters. The van der Waals surface area contributed by atoms with Gasteiger partial charge in [0.05, 0.1) is 10.4 Å². The number of para-hydroxylation sites is 1. The van der Waals surface area contributed by atoms with Crippen LogP contribution in [0.5, 0.6) is 0 Å². The molecule has 0 aliphatic rings. The van der Waals surface area contributed by atoms with Crippen molar-refractivity contribution in [1.29, 1.82) is 0 Å². The minimum atomic E-state index is -3.84. The number of nitrogens with zero attached hydrogens (tertiary/aromatic N) is 1. The van der Waals surface area contributed by atoms with Gasteiger partial charge in [-0.1, -0.05) is 60.7 Å². The molecule has 0 N–H and O–H groups in total. The maximum Gasteiger partial charge on any atom is 0.268 e. The lowest BCUT2D eigenvalue weighted by Gasteiger charge is -2.14. The summed E-state index contributed by atoms with van der Waals surface area (Å²) in [7, 11) is -3.84. The fraction of sp³-hybridized carbons (Fsp3) is 0. The number of fused-ring (bicyclic) bond motifs is 1. The Morgan fingerprint density at radius 3 is 1.96 bits per heavy atom. The van der Waals surface area contributed by atoms with Gasteiger partial charge in [0.15, 0.2) is 5.43 Å². The molecule has 0 aliphatic heterocycles. The van der Waals surface area contributed by atoms with Gasteiger partial charge in [0.1, 0.15) is 0 Å². The maximum atomic E-state index is 13.2. The van der Waals surface area contributed by atoms with Crippen LogP contribution in [0.25, 0.3) is 22.0 Å². The van der Waals surface area contributed by atoms with Crippen LogP contribution >= 0.6 is 0 Å². The number of pyridine rings is 1. The second-order valence-corrected chi connectivity index (χ2v) is 7.68. The molecule has 0 amide bonds. The Kier molecular flexibility index (Phi) is 3.93. The van der Waals surface area contributed by atoms with E-state index in [1.165, 1.54) is 10.2 Å². The SMILES string of the molecule is O=c1c(-c2ccccc2)cn(S(=O)(=O)c2ccccc2)c2ccccc12. The molecule has 4 aromatic rings. The van der Waals surface area contributed by atoms with Crippen LogP contribution < -0.4 is 5.43 Å². The van der Waals surface area contributed by atoms with Crippen molar-refractivity contribution in [2.45, 2.75) is 4.90 Å². The summed E-state index contributed by atoms with van der Waals surface area (Å²) in [5.41, 5.74) is 1.21. The molecule has 26 heavy (non-hydrogen) atoms. The van der Waals surface area contributed by atoms with E-state index in [9.17, 15) is 13.2 Å². The fourth-order valence-corrected chi connectivity index (χ4v) is 4.37. The second kappa shape index (κ2) is 6.28. The standard InChI is InChI=1S/C21H15NO3S/c23-21-18-13-7-8-14-20(18)22(15-19(21)16-9-3-1-4-10-16)26(24,25)17-11-5-2-6-12-17/h1-15H. The predicted octanol–water partition coefficient (Wildman–Crippen LogP) is 3.91. The average Bonchev–Trinajstić information content (AvgIpc) is 2.69. The highest BCUT2D eigenvalue weighted by molar-refractivity contribution is 7.90. The summed E-state index contributed by atoms with van der Waals surface area (Å²) in [6.45, 7) is 0. The van der Waals surface area contributed by atoms with Gasteiger partial charge in [-0.3, -0.25) is 4.79 Å². The van der Waals surface area contributed by atoms with Crippen molar-refractivity contribution < 1.29 is 8.42 Å². The zero-order valence-electron chi connectivity index (χ0n) is 13.7. The van der Waals surface area contributed by atoms with E-state index in [-0.39, 0.29) is 10.3 Å². The van der Waals surface area contributed by atoms with E-state index in [0.29, 0.717) is 22.0 Å². The highest BCUT2D eigenvalue weighted by atomic mass is 32.2. The Morgan fingerprint density at radius 1 is 0.692 bits per heavy atom. The third-order valence-electron chi connectivity index (χ3n) is 4.26. The third kappa shape index (κ3) is 2.62. The molecule has 1 aromatic heterocycles. The molecule has 4 rings (SSSR count). The van der Waals surface area contributed by atoms with E-state index in [4.69, 9.17) is 0 Å². The van der Waals surface area contributed by atoms with Crippen LogP contribution in [0.2, 0.25) is 0 Å². The van der Waals surface area contributed by atoms with Crippen molar-refractivity contribution in [3.05, 3.63) is 101 Å². The van der Waals surface area contributed by atoms with Gasteiger partial charge in [-0.15, -0.1) is 0 Å². The lowest BCUT2D eigenvalue weighted by molar-refractivity contribution is 0.589. The Labute approximate surface area is 151 Å². The molecule has 3 aromatic carbocycles. The predicted molar refractivity (Wildman–Crippen MR) is 103 cm³/mol. The average molecular weight is 361 g/mol. The Morgan fingerprint density at radius 2 is 1.27 bits per heavy atom. The van der Waals surface area contributed by atoms with Gasteiger partial charge in [-0.25, -0.2) is 12.4 Å². The smallest absolute Gasteiger partial charge is 0.268 e. The number of hydrogen-bond acceptors (Lipinski definition) is 3. The molecule has 0 radical (unpaired) electrons. The quantitative estimate of drug-likeness (QED) is 0.556. The molecule has 0 bridgehead atoms. The number of benzene rings is 3. The molecular formula is C21H15NO3S. The Balaban J connectivity index is 2.10. The van der Waals surface area contributed by atoms with Crippen LogP contribution in [-0.2, 0) is 10.0 Å². The second-order valence-electron chi connectivity index (χ2n) is 5.87. The van der Waals surface area contributed by atoms with Crippen molar-refractivity contribution in [1.82, 2.24) is 3.97 Å². The maximum absolute atomic E-state index is 13.2. The zero-order chi connectivity index (χ0) is 18.1. The first-order valence-corrected chi connectivity index (χ1v) is 9.53. The normalized spacial score (nSPS) is 11.5. The topological polar surface area (TPSA) is 56.1 Å². The van der Waals surface area contributed by atoms with Crippen LogP contribution in [0.1, 0.15) is 0 Å². The van der Waals surface area contributed by atoms with Crippen LogP contribution in [0.15, 0.2) is 101 Å². The summed E-state index contributed by atoms with van der Waals surface area (Å²) in [4.78, 5) is 13.1. The molecule has 0 fully saturated rings. The highest BCUT2D eigenvalue weighted by Crippen LogP contribution is 2.24. The summed E-state index contributed by atoms with van der Waals surface area (Å²) >= 11 is 0. The summed E-state index contributed by atoms with van der Waals surface area (Å²) in [5, 5.41) is 0.369. The fourth-order valence-electron chi connectivity index (χ4n) is 2.98. The summed E-state index contributed by atoms with van der Waals surface area (Å²) in [5.74, 6) is 0. The van der Waals surface area contributed by atoms with Gasteiger partial charge in [0, 0.05) is 17.1 Å². The van der Waals surface area contributed by atoms with E-state index < -0.39 is 10.0 Å². The summed E-state index contributed by atoms with van der Waals surface area (Å²) in [6, 6.07) is 24.0. The minimum Gasteiger partial charge on any atom is -0.288 e. The van der Waals surface area contributed by atoms with Crippen LogP contribution in [-0.4, -0.2) is 12.4 Å². The molecule has 0 unspecified atom stereocenters. The molecule has 128 valence electrons. The molecule has 0 spiro atoms. The monoisotopic (exact) mass is 361 g/mol. The van der Waals surface area contributed by atoms with Gasteiger partial charge < -0.3 is 0 Å². The first-order valence-electron chi connectivity index (χ1n) is 8.09. The zero-order valence-corrected chi connectivity index (χ0v) is 14.6. The third-order valence-corrected chi connectivity index (χ3v) is 5.95. The van der Waals surface area contributed by atoms with Gasteiger partial charge >= 0.3 is 0 Å². The van der Waals surface area contributed by atoms with Gasteiger partial charge in [-0.05, 0) is 29.8 Å². The molecule has 0 saturated heterocycles. The molecule has 1 heterocycles. The first-order chi connectivity index (χ1) is 12.6. The Bertz CT molecular complexity index is 1240. The van der Waals surface area contributed by atoms with Crippen LogP contribution in [0.3, 0.4) is 0 Å².